The van der Waals surface area contributed by atoms with Crippen LogP contribution in [-0.2, 0) is 4.74 Å². The zero-order chi connectivity index (χ0) is 15.5. The fourth-order valence-electron chi connectivity index (χ4n) is 3.66. The number of aromatic nitrogens is 1. The van der Waals surface area contributed by atoms with Gasteiger partial charge in [-0.3, -0.25) is 9.88 Å². The molecule has 0 radical (unpaired) electrons. The Morgan fingerprint density at radius 3 is 2.64 bits per heavy atom. The van der Waals surface area contributed by atoms with Crippen LogP contribution < -0.4 is 5.32 Å². The summed E-state index contributed by atoms with van der Waals surface area (Å²) in [5, 5.41) is 3.68. The lowest BCUT2D eigenvalue weighted by Gasteiger charge is -2.37. The van der Waals surface area contributed by atoms with E-state index in [2.05, 4.69) is 42.0 Å². The first kappa shape index (κ1) is 15.8. The highest BCUT2D eigenvalue weighted by molar-refractivity contribution is 5.44. The molecule has 0 spiro atoms. The molecule has 2 saturated heterocycles. The highest BCUT2D eigenvalue weighted by Crippen LogP contribution is 2.25. The minimum absolute atomic E-state index is 0.399. The van der Waals surface area contributed by atoms with Gasteiger partial charge in [-0.15, -0.1) is 0 Å². The number of pyridine rings is 1. The van der Waals surface area contributed by atoms with Crippen LogP contribution in [0.25, 0.3) is 0 Å². The molecule has 122 valence electrons. The number of anilines is 1. The number of rotatable bonds is 4. The lowest BCUT2D eigenvalue weighted by molar-refractivity contribution is 0.0641. The molecule has 4 heteroatoms. The van der Waals surface area contributed by atoms with Gasteiger partial charge < -0.3 is 10.1 Å². The van der Waals surface area contributed by atoms with Crippen LogP contribution in [0, 0.1) is 0 Å². The monoisotopic (exact) mass is 303 g/mol. The summed E-state index contributed by atoms with van der Waals surface area (Å²) in [5.74, 6) is 0.528. The molecule has 4 nitrogen and oxygen atoms in total. The standard InChI is InChI=1S/C18H29N3O/c1-13(2)15-10-17(12-19-11-15)20-16-4-7-21(8-5-16)18-6-9-22-14(18)3/h10-14,16,18,20H,4-9H2,1-3H3. The van der Waals surface area contributed by atoms with E-state index in [4.69, 9.17) is 4.74 Å². The maximum absolute atomic E-state index is 5.71. The molecule has 2 atom stereocenters. The highest BCUT2D eigenvalue weighted by Gasteiger charge is 2.32. The third-order valence-electron chi connectivity index (χ3n) is 5.13. The summed E-state index contributed by atoms with van der Waals surface area (Å²) < 4.78 is 5.71. The highest BCUT2D eigenvalue weighted by atomic mass is 16.5. The van der Waals surface area contributed by atoms with Gasteiger partial charge in [-0.2, -0.15) is 0 Å². The second-order valence-electron chi connectivity index (χ2n) is 7.05. The van der Waals surface area contributed by atoms with Gasteiger partial charge in [0.25, 0.3) is 0 Å². The van der Waals surface area contributed by atoms with Crippen LogP contribution in [0.2, 0.25) is 0 Å². The number of ether oxygens (including phenoxy) is 1. The van der Waals surface area contributed by atoms with Crippen molar-refractivity contribution in [3.05, 3.63) is 24.0 Å². The van der Waals surface area contributed by atoms with E-state index in [1.165, 1.54) is 43.6 Å². The van der Waals surface area contributed by atoms with Crippen molar-refractivity contribution in [3.8, 4) is 0 Å². The number of nitrogens with one attached hydrogen (secondary N) is 1. The second kappa shape index (κ2) is 6.97. The van der Waals surface area contributed by atoms with Crippen LogP contribution in [0.5, 0.6) is 0 Å². The average molecular weight is 303 g/mol. The molecule has 2 aliphatic heterocycles. The Kier molecular flexibility index (Phi) is 4.99. The summed E-state index contributed by atoms with van der Waals surface area (Å²) in [7, 11) is 0. The van der Waals surface area contributed by atoms with Gasteiger partial charge in [0.05, 0.1) is 11.8 Å². The smallest absolute Gasteiger partial charge is 0.0703 e. The van der Waals surface area contributed by atoms with Crippen LogP contribution in [-0.4, -0.2) is 47.8 Å². The fraction of sp³-hybridized carbons (Fsp3) is 0.722. The molecule has 2 aliphatic rings. The van der Waals surface area contributed by atoms with E-state index >= 15 is 0 Å². The number of likely N-dealkylation sites (tertiary alicyclic amines) is 1. The van der Waals surface area contributed by atoms with Crippen LogP contribution in [0.3, 0.4) is 0 Å². The van der Waals surface area contributed by atoms with Crippen LogP contribution in [0.15, 0.2) is 18.5 Å². The van der Waals surface area contributed by atoms with Crippen molar-refractivity contribution < 1.29 is 4.74 Å². The Morgan fingerprint density at radius 1 is 1.23 bits per heavy atom. The van der Waals surface area contributed by atoms with E-state index in [1.807, 2.05) is 12.4 Å². The van der Waals surface area contributed by atoms with Crippen molar-refractivity contribution in [3.63, 3.8) is 0 Å². The molecular formula is C18H29N3O. The Labute approximate surface area is 134 Å². The van der Waals surface area contributed by atoms with Gasteiger partial charge in [0.1, 0.15) is 0 Å². The van der Waals surface area contributed by atoms with Gasteiger partial charge in [0, 0.05) is 44.2 Å². The predicted molar refractivity (Wildman–Crippen MR) is 90.4 cm³/mol. The van der Waals surface area contributed by atoms with E-state index in [0.717, 1.165) is 6.61 Å². The molecule has 1 aromatic heterocycles. The van der Waals surface area contributed by atoms with Crippen molar-refractivity contribution in [2.24, 2.45) is 0 Å². The molecule has 3 rings (SSSR count). The summed E-state index contributed by atoms with van der Waals surface area (Å²) in [6.45, 7) is 9.91. The van der Waals surface area contributed by atoms with Crippen LogP contribution >= 0.6 is 0 Å². The average Bonchev–Trinajstić information content (AvgIpc) is 2.94. The zero-order valence-corrected chi connectivity index (χ0v) is 14.1. The van der Waals surface area contributed by atoms with Crippen molar-refractivity contribution >= 4 is 5.69 Å². The van der Waals surface area contributed by atoms with E-state index in [9.17, 15) is 0 Å². The molecule has 22 heavy (non-hydrogen) atoms. The Bertz CT molecular complexity index is 483. The topological polar surface area (TPSA) is 37.4 Å². The van der Waals surface area contributed by atoms with E-state index in [-0.39, 0.29) is 0 Å². The lowest BCUT2D eigenvalue weighted by Crippen LogP contribution is -2.47. The first-order chi connectivity index (χ1) is 10.6. The molecule has 0 aliphatic carbocycles. The van der Waals surface area contributed by atoms with E-state index in [1.54, 1.807) is 0 Å². The van der Waals surface area contributed by atoms with E-state index in [0.29, 0.717) is 24.1 Å². The third kappa shape index (κ3) is 3.61. The van der Waals surface area contributed by atoms with Gasteiger partial charge in [-0.05, 0) is 43.7 Å². The fourth-order valence-corrected chi connectivity index (χ4v) is 3.66. The molecule has 1 N–H and O–H groups in total. The first-order valence-electron chi connectivity index (χ1n) is 8.70. The molecule has 1 aromatic rings. The minimum Gasteiger partial charge on any atom is -0.381 e. The maximum Gasteiger partial charge on any atom is 0.0703 e. The summed E-state index contributed by atoms with van der Waals surface area (Å²) in [4.78, 5) is 6.99. The van der Waals surface area contributed by atoms with Crippen molar-refractivity contribution in [1.29, 1.82) is 0 Å². The largest absolute Gasteiger partial charge is 0.381 e. The Morgan fingerprint density at radius 2 is 2.00 bits per heavy atom. The predicted octanol–water partition coefficient (Wildman–Crippen LogP) is 3.26. The molecule has 3 heterocycles. The zero-order valence-electron chi connectivity index (χ0n) is 14.1. The first-order valence-corrected chi connectivity index (χ1v) is 8.70. The van der Waals surface area contributed by atoms with Crippen molar-refractivity contribution in [2.75, 3.05) is 25.0 Å². The molecule has 0 saturated carbocycles. The minimum atomic E-state index is 0.399. The SMILES string of the molecule is CC(C)c1cncc(NC2CCN(C3CCOC3C)CC2)c1. The van der Waals surface area contributed by atoms with Crippen LogP contribution in [0.4, 0.5) is 5.69 Å². The van der Waals surface area contributed by atoms with Crippen molar-refractivity contribution in [2.45, 2.75) is 64.1 Å². The lowest BCUT2D eigenvalue weighted by atomic mass is 10.00. The maximum atomic E-state index is 5.71. The van der Waals surface area contributed by atoms with Gasteiger partial charge in [-0.25, -0.2) is 0 Å². The number of piperidine rings is 1. The third-order valence-corrected chi connectivity index (χ3v) is 5.13. The van der Waals surface area contributed by atoms with E-state index < -0.39 is 0 Å². The number of nitrogens with zero attached hydrogens (tertiary/aromatic N) is 2. The molecule has 0 amide bonds. The van der Waals surface area contributed by atoms with Gasteiger partial charge in [0.2, 0.25) is 0 Å². The second-order valence-corrected chi connectivity index (χ2v) is 7.05. The molecule has 0 bridgehead atoms. The number of hydrogen-bond donors (Lipinski definition) is 1. The normalized spacial score (nSPS) is 27.5. The molecule has 2 fully saturated rings. The quantitative estimate of drug-likeness (QED) is 0.926. The van der Waals surface area contributed by atoms with Gasteiger partial charge >= 0.3 is 0 Å². The Balaban J connectivity index is 1.52. The Hall–Kier alpha value is -1.13. The summed E-state index contributed by atoms with van der Waals surface area (Å²) >= 11 is 0. The molecule has 0 aromatic carbocycles. The van der Waals surface area contributed by atoms with Gasteiger partial charge in [-0.1, -0.05) is 13.8 Å². The van der Waals surface area contributed by atoms with Gasteiger partial charge in [0.15, 0.2) is 0 Å². The number of hydrogen-bond acceptors (Lipinski definition) is 4. The summed E-state index contributed by atoms with van der Waals surface area (Å²) in [6.07, 6.45) is 7.92. The molecule has 2 unspecified atom stereocenters. The molecular weight excluding hydrogens is 274 g/mol. The summed E-state index contributed by atoms with van der Waals surface area (Å²) in [6, 6.07) is 3.45. The van der Waals surface area contributed by atoms with Crippen molar-refractivity contribution in [1.82, 2.24) is 9.88 Å². The van der Waals surface area contributed by atoms with Crippen LogP contribution in [0.1, 0.15) is 51.5 Å². The summed E-state index contributed by atoms with van der Waals surface area (Å²) in [5.41, 5.74) is 2.47.